The first-order valence-corrected chi connectivity index (χ1v) is 6.82. The van der Waals surface area contributed by atoms with Crippen molar-refractivity contribution in [3.8, 4) is 11.5 Å². The standard InChI is InChI=1S/C15H22O5/c1-4-8-19-13-7-6-12(10-16)14(9-13)20-11(3)15(17)18-5-2/h6-7,9,11,16H,4-5,8,10H2,1-3H3. The summed E-state index contributed by atoms with van der Waals surface area (Å²) in [6, 6.07) is 5.16. The maximum atomic E-state index is 11.6. The van der Waals surface area contributed by atoms with Gasteiger partial charge in [-0.1, -0.05) is 6.92 Å². The summed E-state index contributed by atoms with van der Waals surface area (Å²) in [6.45, 7) is 6.10. The SMILES string of the molecule is CCCOc1ccc(CO)c(OC(C)C(=O)OCC)c1. The number of aliphatic hydroxyl groups is 1. The zero-order valence-electron chi connectivity index (χ0n) is 12.2. The first-order valence-electron chi connectivity index (χ1n) is 6.82. The molecule has 0 aliphatic heterocycles. The van der Waals surface area contributed by atoms with Crippen molar-refractivity contribution < 1.29 is 24.1 Å². The molecule has 0 aliphatic carbocycles. The minimum Gasteiger partial charge on any atom is -0.493 e. The van der Waals surface area contributed by atoms with E-state index in [4.69, 9.17) is 14.2 Å². The van der Waals surface area contributed by atoms with Gasteiger partial charge in [-0.3, -0.25) is 0 Å². The number of carbonyl (C=O) groups is 1. The minimum atomic E-state index is -0.735. The van der Waals surface area contributed by atoms with Crippen LogP contribution in [0.3, 0.4) is 0 Å². The van der Waals surface area contributed by atoms with E-state index in [0.29, 0.717) is 30.3 Å². The maximum absolute atomic E-state index is 11.6. The third kappa shape index (κ3) is 4.74. The Balaban J connectivity index is 2.82. The molecular formula is C15H22O5. The van der Waals surface area contributed by atoms with E-state index in [1.165, 1.54) is 0 Å². The smallest absolute Gasteiger partial charge is 0.347 e. The second-order valence-corrected chi connectivity index (χ2v) is 4.29. The van der Waals surface area contributed by atoms with Crippen molar-refractivity contribution in [3.63, 3.8) is 0 Å². The van der Waals surface area contributed by atoms with E-state index in [0.717, 1.165) is 6.42 Å². The Morgan fingerprint density at radius 1 is 1.35 bits per heavy atom. The fraction of sp³-hybridized carbons (Fsp3) is 0.533. The molecule has 0 fully saturated rings. The topological polar surface area (TPSA) is 65.0 Å². The van der Waals surface area contributed by atoms with Gasteiger partial charge in [-0.05, 0) is 32.4 Å². The number of rotatable bonds is 8. The van der Waals surface area contributed by atoms with Crippen LogP contribution >= 0.6 is 0 Å². The average Bonchev–Trinajstić information content (AvgIpc) is 2.45. The van der Waals surface area contributed by atoms with Crippen molar-refractivity contribution in [2.75, 3.05) is 13.2 Å². The summed E-state index contributed by atoms with van der Waals surface area (Å²) >= 11 is 0. The predicted molar refractivity (Wildman–Crippen MR) is 74.9 cm³/mol. The van der Waals surface area contributed by atoms with Gasteiger partial charge in [-0.25, -0.2) is 4.79 Å². The fourth-order valence-corrected chi connectivity index (χ4v) is 1.58. The lowest BCUT2D eigenvalue weighted by molar-refractivity contribution is -0.150. The molecule has 5 heteroatoms. The van der Waals surface area contributed by atoms with Crippen LogP contribution in [0.15, 0.2) is 18.2 Å². The van der Waals surface area contributed by atoms with Crippen molar-refractivity contribution in [2.24, 2.45) is 0 Å². The maximum Gasteiger partial charge on any atom is 0.347 e. The van der Waals surface area contributed by atoms with Crippen LogP contribution in [0.1, 0.15) is 32.8 Å². The number of hydrogen-bond acceptors (Lipinski definition) is 5. The van der Waals surface area contributed by atoms with Gasteiger partial charge in [0.25, 0.3) is 0 Å². The number of esters is 1. The molecule has 0 saturated carbocycles. The number of benzene rings is 1. The zero-order chi connectivity index (χ0) is 15.0. The second kappa shape index (κ2) is 8.43. The van der Waals surface area contributed by atoms with Crippen LogP contribution in [0.25, 0.3) is 0 Å². The molecule has 0 aliphatic rings. The van der Waals surface area contributed by atoms with Crippen LogP contribution in [0.5, 0.6) is 11.5 Å². The third-order valence-corrected chi connectivity index (χ3v) is 2.60. The average molecular weight is 282 g/mol. The first-order chi connectivity index (χ1) is 9.62. The molecule has 5 nitrogen and oxygen atoms in total. The van der Waals surface area contributed by atoms with Crippen LogP contribution in [-0.2, 0) is 16.1 Å². The number of ether oxygens (including phenoxy) is 3. The summed E-state index contributed by atoms with van der Waals surface area (Å²) in [4.78, 5) is 11.6. The van der Waals surface area contributed by atoms with Crippen molar-refractivity contribution >= 4 is 5.97 Å². The molecule has 0 radical (unpaired) electrons. The van der Waals surface area contributed by atoms with E-state index < -0.39 is 12.1 Å². The predicted octanol–water partition coefficient (Wildman–Crippen LogP) is 2.30. The minimum absolute atomic E-state index is 0.168. The summed E-state index contributed by atoms with van der Waals surface area (Å²) in [6.07, 6.45) is 0.165. The first kappa shape index (κ1) is 16.3. The van der Waals surface area contributed by atoms with Gasteiger partial charge in [-0.15, -0.1) is 0 Å². The van der Waals surface area contributed by atoms with Gasteiger partial charge < -0.3 is 19.3 Å². The van der Waals surface area contributed by atoms with E-state index in [1.807, 2.05) is 6.92 Å². The molecule has 0 heterocycles. The quantitative estimate of drug-likeness (QED) is 0.741. The van der Waals surface area contributed by atoms with E-state index in [9.17, 15) is 9.90 Å². The molecule has 0 spiro atoms. The highest BCUT2D eigenvalue weighted by Gasteiger charge is 2.17. The number of carbonyl (C=O) groups excluding carboxylic acids is 1. The third-order valence-electron chi connectivity index (χ3n) is 2.60. The van der Waals surface area contributed by atoms with Gasteiger partial charge in [0, 0.05) is 11.6 Å². The van der Waals surface area contributed by atoms with Crippen LogP contribution in [-0.4, -0.2) is 30.4 Å². The normalized spacial score (nSPS) is 11.8. The Bertz CT molecular complexity index is 430. The van der Waals surface area contributed by atoms with Gasteiger partial charge in [0.2, 0.25) is 0 Å². The second-order valence-electron chi connectivity index (χ2n) is 4.29. The molecule has 1 aromatic rings. The monoisotopic (exact) mass is 282 g/mol. The zero-order valence-corrected chi connectivity index (χ0v) is 12.2. The number of aliphatic hydroxyl groups excluding tert-OH is 1. The molecule has 20 heavy (non-hydrogen) atoms. The Hall–Kier alpha value is -1.75. The van der Waals surface area contributed by atoms with Crippen LogP contribution < -0.4 is 9.47 Å². The van der Waals surface area contributed by atoms with E-state index in [-0.39, 0.29) is 6.61 Å². The number of hydrogen-bond donors (Lipinski definition) is 1. The van der Waals surface area contributed by atoms with Crippen LogP contribution in [0.2, 0.25) is 0 Å². The van der Waals surface area contributed by atoms with Gasteiger partial charge in [0.1, 0.15) is 11.5 Å². The molecule has 112 valence electrons. The lowest BCUT2D eigenvalue weighted by atomic mass is 10.2. The molecule has 0 aromatic heterocycles. The van der Waals surface area contributed by atoms with E-state index >= 15 is 0 Å². The Morgan fingerprint density at radius 3 is 2.70 bits per heavy atom. The fourth-order valence-electron chi connectivity index (χ4n) is 1.58. The Kier molecular flexibility index (Phi) is 6.87. The molecular weight excluding hydrogens is 260 g/mol. The van der Waals surface area contributed by atoms with Crippen molar-refractivity contribution in [2.45, 2.75) is 39.9 Å². The van der Waals surface area contributed by atoms with Crippen molar-refractivity contribution in [3.05, 3.63) is 23.8 Å². The highest BCUT2D eigenvalue weighted by Crippen LogP contribution is 2.26. The van der Waals surface area contributed by atoms with Crippen LogP contribution in [0.4, 0.5) is 0 Å². The van der Waals surface area contributed by atoms with Gasteiger partial charge in [0.15, 0.2) is 6.10 Å². The van der Waals surface area contributed by atoms with E-state index in [1.54, 1.807) is 32.0 Å². The highest BCUT2D eigenvalue weighted by molar-refractivity contribution is 5.74. The Labute approximate surface area is 119 Å². The van der Waals surface area contributed by atoms with Gasteiger partial charge in [0.05, 0.1) is 19.8 Å². The van der Waals surface area contributed by atoms with Crippen LogP contribution in [0, 0.1) is 0 Å². The van der Waals surface area contributed by atoms with Crippen molar-refractivity contribution in [1.29, 1.82) is 0 Å². The summed E-state index contributed by atoms with van der Waals surface area (Å²) in [5.41, 5.74) is 0.602. The van der Waals surface area contributed by atoms with E-state index in [2.05, 4.69) is 0 Å². The highest BCUT2D eigenvalue weighted by atomic mass is 16.6. The largest absolute Gasteiger partial charge is 0.493 e. The molecule has 0 bridgehead atoms. The molecule has 1 aromatic carbocycles. The molecule has 1 atom stereocenters. The molecule has 0 amide bonds. The summed E-state index contributed by atoms with van der Waals surface area (Å²) in [5.74, 6) is 0.646. The summed E-state index contributed by atoms with van der Waals surface area (Å²) < 4.78 is 16.0. The molecule has 1 N–H and O–H groups in total. The van der Waals surface area contributed by atoms with Crippen molar-refractivity contribution in [1.82, 2.24) is 0 Å². The molecule has 1 unspecified atom stereocenters. The summed E-state index contributed by atoms with van der Waals surface area (Å²) in [7, 11) is 0. The molecule has 1 rings (SSSR count). The molecule has 0 saturated heterocycles. The summed E-state index contributed by atoms with van der Waals surface area (Å²) in [5, 5.41) is 9.30. The van der Waals surface area contributed by atoms with Gasteiger partial charge in [-0.2, -0.15) is 0 Å². The van der Waals surface area contributed by atoms with Gasteiger partial charge >= 0.3 is 5.97 Å². The lowest BCUT2D eigenvalue weighted by Gasteiger charge is -2.16. The Morgan fingerprint density at radius 2 is 2.10 bits per heavy atom. The lowest BCUT2D eigenvalue weighted by Crippen LogP contribution is -2.26.